The van der Waals surface area contributed by atoms with Gasteiger partial charge in [0.2, 0.25) is 0 Å². The summed E-state index contributed by atoms with van der Waals surface area (Å²) in [7, 11) is 3.11. The van der Waals surface area contributed by atoms with E-state index in [1.165, 1.54) is 0 Å². The molecule has 0 radical (unpaired) electrons. The first-order valence-electron chi connectivity index (χ1n) is 6.65. The molecule has 2 rings (SSSR count). The summed E-state index contributed by atoms with van der Waals surface area (Å²) in [6.45, 7) is 2.01. The monoisotopic (exact) mass is 282 g/mol. The maximum absolute atomic E-state index is 12.4. The molecule has 0 amide bonds. The van der Waals surface area contributed by atoms with Crippen LogP contribution in [0.3, 0.4) is 0 Å². The quantitative estimate of drug-likeness (QED) is 0.616. The van der Waals surface area contributed by atoms with Gasteiger partial charge in [0.05, 0.1) is 19.8 Å². The van der Waals surface area contributed by atoms with Gasteiger partial charge in [-0.25, -0.2) is 0 Å². The summed E-state index contributed by atoms with van der Waals surface area (Å²) in [4.78, 5) is 12.4. The third-order valence-electron chi connectivity index (χ3n) is 3.27. The Bertz CT molecular complexity index is 672. The molecule has 21 heavy (non-hydrogen) atoms. The second-order valence-corrected chi connectivity index (χ2v) is 4.62. The number of ether oxygens (including phenoxy) is 2. The van der Waals surface area contributed by atoms with Crippen molar-refractivity contribution in [2.45, 2.75) is 6.92 Å². The van der Waals surface area contributed by atoms with Crippen LogP contribution in [-0.2, 0) is 0 Å². The van der Waals surface area contributed by atoms with Crippen LogP contribution in [0.1, 0.15) is 21.5 Å². The average Bonchev–Trinajstić information content (AvgIpc) is 2.53. The average molecular weight is 282 g/mol. The highest BCUT2D eigenvalue weighted by Gasteiger charge is 2.11. The highest BCUT2D eigenvalue weighted by molar-refractivity contribution is 6.09. The summed E-state index contributed by atoms with van der Waals surface area (Å²) < 4.78 is 10.4. The van der Waals surface area contributed by atoms with E-state index in [9.17, 15) is 4.79 Å². The molecule has 0 aliphatic carbocycles. The zero-order chi connectivity index (χ0) is 15.2. The molecule has 0 heterocycles. The van der Waals surface area contributed by atoms with Gasteiger partial charge in [-0.1, -0.05) is 30.3 Å². The molecule has 2 aromatic carbocycles. The summed E-state index contributed by atoms with van der Waals surface area (Å²) in [6, 6.07) is 13.1. The Morgan fingerprint density at radius 2 is 1.81 bits per heavy atom. The zero-order valence-electron chi connectivity index (χ0n) is 12.4. The number of allylic oxidation sites excluding steroid dienone is 1. The smallest absolute Gasteiger partial charge is 0.189 e. The van der Waals surface area contributed by atoms with E-state index in [1.807, 2.05) is 37.3 Å². The van der Waals surface area contributed by atoms with Crippen LogP contribution in [-0.4, -0.2) is 20.0 Å². The van der Waals surface area contributed by atoms with Gasteiger partial charge in [-0.05, 0) is 42.3 Å². The number of methoxy groups -OCH3 is 2. The lowest BCUT2D eigenvalue weighted by Crippen LogP contribution is -2.00. The molecule has 0 N–H and O–H groups in total. The van der Waals surface area contributed by atoms with E-state index in [4.69, 9.17) is 9.47 Å². The number of hydrogen-bond acceptors (Lipinski definition) is 3. The third-order valence-corrected chi connectivity index (χ3v) is 3.27. The topological polar surface area (TPSA) is 35.5 Å². The summed E-state index contributed by atoms with van der Waals surface area (Å²) in [5.74, 6) is 1.05. The van der Waals surface area contributed by atoms with Crippen molar-refractivity contribution in [1.29, 1.82) is 0 Å². The molecule has 0 spiro atoms. The minimum Gasteiger partial charge on any atom is -0.497 e. The Morgan fingerprint density at radius 1 is 1.05 bits per heavy atom. The second kappa shape index (κ2) is 6.75. The molecule has 3 heteroatoms. The van der Waals surface area contributed by atoms with Gasteiger partial charge in [-0.2, -0.15) is 0 Å². The third kappa shape index (κ3) is 3.51. The molecule has 0 saturated carbocycles. The van der Waals surface area contributed by atoms with Gasteiger partial charge < -0.3 is 9.47 Å². The molecular formula is C18H18O3. The molecule has 0 saturated heterocycles. The van der Waals surface area contributed by atoms with Gasteiger partial charge in [-0.15, -0.1) is 0 Å². The lowest BCUT2D eigenvalue weighted by molar-refractivity contribution is 0.104. The predicted molar refractivity (Wildman–Crippen MR) is 84.1 cm³/mol. The highest BCUT2D eigenvalue weighted by Crippen LogP contribution is 2.25. The van der Waals surface area contributed by atoms with Crippen LogP contribution < -0.4 is 9.47 Å². The van der Waals surface area contributed by atoms with Crippen LogP contribution in [0.2, 0.25) is 0 Å². The summed E-state index contributed by atoms with van der Waals surface area (Å²) in [5.41, 5.74) is 2.63. The van der Waals surface area contributed by atoms with Crippen molar-refractivity contribution in [3.8, 4) is 11.5 Å². The number of ketones is 1. The maximum Gasteiger partial charge on any atom is 0.189 e. The number of benzene rings is 2. The zero-order valence-corrected chi connectivity index (χ0v) is 12.4. The molecule has 0 aliphatic rings. The number of carbonyl (C=O) groups excluding carboxylic acids is 1. The van der Waals surface area contributed by atoms with Gasteiger partial charge >= 0.3 is 0 Å². The Labute approximate surface area is 124 Å². The lowest BCUT2D eigenvalue weighted by atomic mass is 10.1. The first-order valence-corrected chi connectivity index (χ1v) is 6.65. The Balaban J connectivity index is 2.30. The maximum atomic E-state index is 12.4. The fourth-order valence-corrected chi connectivity index (χ4v) is 2.04. The fourth-order valence-electron chi connectivity index (χ4n) is 2.04. The van der Waals surface area contributed by atoms with Crippen molar-refractivity contribution in [1.82, 2.24) is 0 Å². The number of carbonyl (C=O) groups is 1. The first kappa shape index (κ1) is 14.9. The van der Waals surface area contributed by atoms with Crippen LogP contribution in [0, 0.1) is 6.92 Å². The van der Waals surface area contributed by atoms with E-state index in [2.05, 4.69) is 0 Å². The SMILES string of the molecule is COc1ccc(OC)c(C(=O)/C=C/c2ccccc2C)c1. The van der Waals surface area contributed by atoms with E-state index in [0.29, 0.717) is 17.1 Å². The standard InChI is InChI=1S/C18H18O3/c1-13-6-4-5-7-14(13)8-10-17(19)16-12-15(20-2)9-11-18(16)21-3/h4-12H,1-3H3/b10-8+. The summed E-state index contributed by atoms with van der Waals surface area (Å²) in [5, 5.41) is 0. The molecule has 0 aromatic heterocycles. The van der Waals surface area contributed by atoms with Gasteiger partial charge in [-0.3, -0.25) is 4.79 Å². The molecule has 0 unspecified atom stereocenters. The minimum absolute atomic E-state index is 0.117. The normalized spacial score (nSPS) is 10.6. The molecule has 0 bridgehead atoms. The van der Waals surface area contributed by atoms with Crippen LogP contribution in [0.25, 0.3) is 6.08 Å². The fraction of sp³-hybridized carbons (Fsp3) is 0.167. The van der Waals surface area contributed by atoms with Gasteiger partial charge in [0, 0.05) is 0 Å². The van der Waals surface area contributed by atoms with E-state index >= 15 is 0 Å². The molecule has 0 aliphatic heterocycles. The Morgan fingerprint density at radius 3 is 2.48 bits per heavy atom. The second-order valence-electron chi connectivity index (χ2n) is 4.62. The van der Waals surface area contributed by atoms with Crippen LogP contribution in [0.4, 0.5) is 0 Å². The van der Waals surface area contributed by atoms with Crippen molar-refractivity contribution in [2.75, 3.05) is 14.2 Å². The number of aryl methyl sites for hydroxylation is 1. The lowest BCUT2D eigenvalue weighted by Gasteiger charge is -2.08. The van der Waals surface area contributed by atoms with Crippen LogP contribution in [0.15, 0.2) is 48.5 Å². The largest absolute Gasteiger partial charge is 0.497 e. The van der Waals surface area contributed by atoms with Gasteiger partial charge in [0.1, 0.15) is 11.5 Å². The minimum atomic E-state index is -0.117. The molecule has 0 atom stereocenters. The molecule has 108 valence electrons. The predicted octanol–water partition coefficient (Wildman–Crippen LogP) is 3.91. The van der Waals surface area contributed by atoms with Crippen molar-refractivity contribution >= 4 is 11.9 Å². The Hall–Kier alpha value is -2.55. The molecular weight excluding hydrogens is 264 g/mol. The van der Waals surface area contributed by atoms with Crippen molar-refractivity contribution in [2.24, 2.45) is 0 Å². The van der Waals surface area contributed by atoms with Gasteiger partial charge in [0.15, 0.2) is 5.78 Å². The van der Waals surface area contributed by atoms with E-state index in [0.717, 1.165) is 11.1 Å². The van der Waals surface area contributed by atoms with Crippen molar-refractivity contribution in [3.05, 3.63) is 65.2 Å². The van der Waals surface area contributed by atoms with Crippen molar-refractivity contribution < 1.29 is 14.3 Å². The number of hydrogen-bond donors (Lipinski definition) is 0. The number of rotatable bonds is 5. The van der Waals surface area contributed by atoms with E-state index in [1.54, 1.807) is 38.5 Å². The van der Waals surface area contributed by atoms with E-state index < -0.39 is 0 Å². The Kier molecular flexibility index (Phi) is 4.77. The van der Waals surface area contributed by atoms with Crippen molar-refractivity contribution in [3.63, 3.8) is 0 Å². The molecule has 2 aromatic rings. The highest BCUT2D eigenvalue weighted by atomic mass is 16.5. The van der Waals surface area contributed by atoms with Crippen LogP contribution in [0.5, 0.6) is 11.5 Å². The molecule has 0 fully saturated rings. The van der Waals surface area contributed by atoms with Gasteiger partial charge in [0.25, 0.3) is 0 Å². The van der Waals surface area contributed by atoms with E-state index in [-0.39, 0.29) is 5.78 Å². The molecule has 3 nitrogen and oxygen atoms in total. The summed E-state index contributed by atoms with van der Waals surface area (Å²) >= 11 is 0. The first-order chi connectivity index (χ1) is 10.2. The summed E-state index contributed by atoms with van der Waals surface area (Å²) in [6.07, 6.45) is 3.37. The van der Waals surface area contributed by atoms with Crippen LogP contribution >= 0.6 is 0 Å².